The number of aliphatic hydroxyl groups is 1. The summed E-state index contributed by atoms with van der Waals surface area (Å²) in [6.07, 6.45) is 71.5. The van der Waals surface area contributed by atoms with Crippen LogP contribution in [-0.2, 0) is 65.4 Å². The van der Waals surface area contributed by atoms with Crippen LogP contribution < -0.4 is 0 Å². The molecule has 3 N–H and O–H groups in total. The SMILES string of the molecule is CCCCCC/C=C\C=C/CCCCCCCC(=O)O[C@H](COC(=O)CCCCCCCCCCCCCCC)COP(=O)(O)OC[C@H](O)COP(=O)(O)OC[C@@H](COC(=O)CCCCCCCCCCCCCCCC(C)C)OC(=O)CCCCCCCCCCCCCCCCCCCCC. The van der Waals surface area contributed by atoms with Gasteiger partial charge in [-0.15, -0.1) is 0 Å². The maximum absolute atomic E-state index is 13.1. The monoisotopic (exact) mass is 1500 g/mol. The second-order valence-electron chi connectivity index (χ2n) is 30.0. The summed E-state index contributed by atoms with van der Waals surface area (Å²) in [4.78, 5) is 73.2. The number of phosphoric acid groups is 2. The van der Waals surface area contributed by atoms with Crippen LogP contribution in [-0.4, -0.2) is 96.7 Å². The lowest BCUT2D eigenvalue weighted by Gasteiger charge is -2.21. The molecule has 5 atom stereocenters. The topological polar surface area (TPSA) is 237 Å². The zero-order chi connectivity index (χ0) is 75.5. The molecule has 608 valence electrons. The van der Waals surface area contributed by atoms with Crippen molar-refractivity contribution in [1.29, 1.82) is 0 Å². The van der Waals surface area contributed by atoms with E-state index in [1.807, 2.05) is 0 Å². The molecular weight excluding hydrogens is 1340 g/mol. The number of ether oxygens (including phenoxy) is 4. The van der Waals surface area contributed by atoms with E-state index in [2.05, 4.69) is 58.9 Å². The zero-order valence-electron chi connectivity index (χ0n) is 66.9. The van der Waals surface area contributed by atoms with E-state index in [0.29, 0.717) is 25.7 Å². The Balaban J connectivity index is 5.29. The number of hydrogen-bond acceptors (Lipinski definition) is 15. The maximum Gasteiger partial charge on any atom is 0.472 e. The van der Waals surface area contributed by atoms with Gasteiger partial charge in [0, 0.05) is 25.7 Å². The molecular formula is C84H160O17P2. The summed E-state index contributed by atoms with van der Waals surface area (Å²) in [5.74, 6) is -1.34. The number of carbonyl (C=O) groups excluding carboxylic acids is 4. The summed E-state index contributed by atoms with van der Waals surface area (Å²) in [6.45, 7) is 7.31. The second kappa shape index (κ2) is 76.3. The predicted octanol–water partition coefficient (Wildman–Crippen LogP) is 25.1. The highest BCUT2D eigenvalue weighted by molar-refractivity contribution is 7.47. The minimum Gasteiger partial charge on any atom is -0.462 e. The minimum absolute atomic E-state index is 0.0859. The summed E-state index contributed by atoms with van der Waals surface area (Å²) in [5, 5.41) is 10.7. The molecule has 0 aromatic rings. The van der Waals surface area contributed by atoms with Crippen molar-refractivity contribution in [1.82, 2.24) is 0 Å². The molecule has 0 rings (SSSR count). The van der Waals surface area contributed by atoms with Crippen LogP contribution in [0.3, 0.4) is 0 Å². The molecule has 0 spiro atoms. The Morgan fingerprint density at radius 1 is 0.301 bits per heavy atom. The lowest BCUT2D eigenvalue weighted by Crippen LogP contribution is -2.30. The van der Waals surface area contributed by atoms with Gasteiger partial charge in [-0.05, 0) is 57.3 Å². The molecule has 0 heterocycles. The van der Waals surface area contributed by atoms with Gasteiger partial charge in [-0.3, -0.25) is 37.3 Å². The molecule has 0 radical (unpaired) electrons. The number of rotatable bonds is 82. The lowest BCUT2D eigenvalue weighted by molar-refractivity contribution is -0.161. The molecule has 19 heteroatoms. The van der Waals surface area contributed by atoms with Crippen LogP contribution >= 0.6 is 15.6 Å². The Kier molecular flexibility index (Phi) is 74.5. The predicted molar refractivity (Wildman–Crippen MR) is 423 cm³/mol. The average Bonchev–Trinajstić information content (AvgIpc) is 0.935. The van der Waals surface area contributed by atoms with Gasteiger partial charge in [0.1, 0.15) is 19.3 Å². The Morgan fingerprint density at radius 2 is 0.524 bits per heavy atom. The number of allylic oxidation sites excluding steroid dienone is 4. The van der Waals surface area contributed by atoms with Gasteiger partial charge in [0.2, 0.25) is 0 Å². The molecule has 0 saturated heterocycles. The van der Waals surface area contributed by atoms with Crippen LogP contribution in [0.2, 0.25) is 0 Å². The van der Waals surface area contributed by atoms with E-state index in [0.717, 1.165) is 109 Å². The standard InChI is InChI=1S/C84H160O17P2/c1-6-9-12-15-18-21-24-27-29-30-31-32-34-39-45-50-55-60-65-70-84(89)101-80(74-95-82(87)68-63-58-53-48-43-40-35-37-41-46-51-56-61-66-77(4)5)76-99-103(92,93)97-72-78(85)71-96-102(90,91)98-75-79(73-94-81(86)67-62-57-52-47-42-36-26-23-20-17-14-11-8-3)100-83(88)69-64-59-54-49-44-38-33-28-25-22-19-16-13-10-7-2/h22,25,28,33,77-80,85H,6-21,23-24,26-27,29-32,34-76H2,1-5H3,(H,90,91)(H,92,93)/b25-22-,33-28-/t78-,79+,80+/m0/s1. The van der Waals surface area contributed by atoms with E-state index in [-0.39, 0.29) is 25.7 Å². The Labute approximate surface area is 631 Å². The largest absolute Gasteiger partial charge is 0.472 e. The fraction of sp³-hybridized carbons (Fsp3) is 0.905. The number of phosphoric ester groups is 2. The third-order valence-corrected chi connectivity index (χ3v) is 21.1. The number of carbonyl (C=O) groups is 4. The summed E-state index contributed by atoms with van der Waals surface area (Å²) < 4.78 is 68.8. The van der Waals surface area contributed by atoms with Crippen LogP contribution in [0.4, 0.5) is 0 Å². The first-order valence-electron chi connectivity index (χ1n) is 43.0. The molecule has 0 aliphatic carbocycles. The van der Waals surface area contributed by atoms with Crippen LogP contribution in [0.25, 0.3) is 0 Å². The van der Waals surface area contributed by atoms with Crippen molar-refractivity contribution in [3.8, 4) is 0 Å². The molecule has 17 nitrogen and oxygen atoms in total. The molecule has 2 unspecified atom stereocenters. The highest BCUT2D eigenvalue weighted by atomic mass is 31.2. The average molecular weight is 1500 g/mol. The van der Waals surface area contributed by atoms with Gasteiger partial charge in [0.05, 0.1) is 26.4 Å². The highest BCUT2D eigenvalue weighted by Crippen LogP contribution is 2.45. The van der Waals surface area contributed by atoms with Gasteiger partial charge >= 0.3 is 39.5 Å². The number of hydrogen-bond donors (Lipinski definition) is 3. The summed E-state index contributed by atoms with van der Waals surface area (Å²) in [7, 11) is -9.94. The van der Waals surface area contributed by atoms with Crippen molar-refractivity contribution < 1.29 is 80.2 Å². The minimum atomic E-state index is -4.97. The van der Waals surface area contributed by atoms with Gasteiger partial charge in [0.15, 0.2) is 12.2 Å². The third-order valence-electron chi connectivity index (χ3n) is 19.2. The van der Waals surface area contributed by atoms with Gasteiger partial charge in [-0.25, -0.2) is 9.13 Å². The first-order chi connectivity index (χ1) is 50.0. The van der Waals surface area contributed by atoms with E-state index in [4.69, 9.17) is 37.0 Å². The van der Waals surface area contributed by atoms with E-state index >= 15 is 0 Å². The van der Waals surface area contributed by atoms with Crippen molar-refractivity contribution in [2.75, 3.05) is 39.6 Å². The molecule has 0 saturated carbocycles. The molecule has 0 aliphatic heterocycles. The maximum atomic E-state index is 13.1. The number of unbranched alkanes of at least 4 members (excludes halogenated alkanes) is 51. The van der Waals surface area contributed by atoms with Gasteiger partial charge in [-0.2, -0.15) is 0 Å². The van der Waals surface area contributed by atoms with Gasteiger partial charge in [0.25, 0.3) is 0 Å². The fourth-order valence-electron chi connectivity index (χ4n) is 12.6. The number of aliphatic hydroxyl groups excluding tert-OH is 1. The van der Waals surface area contributed by atoms with Crippen LogP contribution in [0.1, 0.15) is 426 Å². The van der Waals surface area contributed by atoms with Crippen molar-refractivity contribution in [3.63, 3.8) is 0 Å². The molecule has 0 fully saturated rings. The fourth-order valence-corrected chi connectivity index (χ4v) is 14.2. The van der Waals surface area contributed by atoms with Crippen molar-refractivity contribution >= 4 is 39.5 Å². The summed E-state index contributed by atoms with van der Waals surface area (Å²) in [5.41, 5.74) is 0. The van der Waals surface area contributed by atoms with Crippen LogP contribution in [0.15, 0.2) is 24.3 Å². The molecule has 0 aromatic heterocycles. The first-order valence-corrected chi connectivity index (χ1v) is 45.9. The Hall–Kier alpha value is -2.46. The summed E-state index contributed by atoms with van der Waals surface area (Å²) >= 11 is 0. The zero-order valence-corrected chi connectivity index (χ0v) is 68.7. The number of esters is 4. The summed E-state index contributed by atoms with van der Waals surface area (Å²) in [6, 6.07) is 0. The molecule has 103 heavy (non-hydrogen) atoms. The van der Waals surface area contributed by atoms with Crippen molar-refractivity contribution in [3.05, 3.63) is 24.3 Å². The van der Waals surface area contributed by atoms with E-state index < -0.39 is 97.5 Å². The molecule has 0 aromatic carbocycles. The van der Waals surface area contributed by atoms with Crippen LogP contribution in [0, 0.1) is 5.92 Å². The van der Waals surface area contributed by atoms with Crippen molar-refractivity contribution in [2.24, 2.45) is 5.92 Å². The smallest absolute Gasteiger partial charge is 0.462 e. The van der Waals surface area contributed by atoms with E-state index in [1.165, 1.54) is 238 Å². The van der Waals surface area contributed by atoms with Gasteiger partial charge in [-0.1, -0.05) is 374 Å². The van der Waals surface area contributed by atoms with Crippen LogP contribution in [0.5, 0.6) is 0 Å². The van der Waals surface area contributed by atoms with Gasteiger partial charge < -0.3 is 33.8 Å². The quantitative estimate of drug-likeness (QED) is 0.0169. The first kappa shape index (κ1) is 101. The molecule has 0 bridgehead atoms. The lowest BCUT2D eigenvalue weighted by atomic mass is 10.0. The highest BCUT2D eigenvalue weighted by Gasteiger charge is 2.30. The molecule has 0 amide bonds. The second-order valence-corrected chi connectivity index (χ2v) is 32.9. The molecule has 0 aliphatic rings. The van der Waals surface area contributed by atoms with Crippen molar-refractivity contribution in [2.45, 2.75) is 445 Å². The Morgan fingerprint density at radius 3 is 0.796 bits per heavy atom. The third kappa shape index (κ3) is 77.5. The normalized spacial score (nSPS) is 14.0. The Bertz CT molecular complexity index is 2060. The van der Waals surface area contributed by atoms with E-state index in [9.17, 15) is 43.2 Å². The van der Waals surface area contributed by atoms with E-state index in [1.54, 1.807) is 0 Å².